The predicted octanol–water partition coefficient (Wildman–Crippen LogP) is 4.25. The van der Waals surface area contributed by atoms with Crippen LogP contribution in [0.2, 0.25) is 0 Å². The fraction of sp³-hybridized carbons (Fsp3) is 0.296. The largest absolute Gasteiger partial charge is 0.494 e. The molecule has 35 heavy (non-hydrogen) atoms. The Bertz CT molecular complexity index is 1170. The quantitative estimate of drug-likeness (QED) is 0.325. The number of sulfonamides is 1. The van der Waals surface area contributed by atoms with Crippen molar-refractivity contribution >= 4 is 15.9 Å². The van der Waals surface area contributed by atoms with E-state index in [1.54, 1.807) is 0 Å². The van der Waals surface area contributed by atoms with Gasteiger partial charge in [0.15, 0.2) is 0 Å². The van der Waals surface area contributed by atoms with E-state index in [1.165, 1.54) is 23.3 Å². The zero-order chi connectivity index (χ0) is 24.9. The lowest BCUT2D eigenvalue weighted by atomic mass is 10.1. The first-order valence-electron chi connectivity index (χ1n) is 11.7. The molecule has 186 valence electrons. The molecule has 0 bridgehead atoms. The molecule has 0 saturated heterocycles. The van der Waals surface area contributed by atoms with Crippen molar-refractivity contribution in [2.24, 2.45) is 0 Å². The van der Waals surface area contributed by atoms with Crippen molar-refractivity contribution in [3.63, 3.8) is 0 Å². The molecule has 0 radical (unpaired) electrons. The summed E-state index contributed by atoms with van der Waals surface area (Å²) < 4.78 is 45.6. The fourth-order valence-electron chi connectivity index (χ4n) is 3.53. The molecule has 0 aliphatic carbocycles. The number of aryl methyl sites for hydroxylation is 2. The Balaban J connectivity index is 1.26. The Hall–Kier alpha value is -3.23. The van der Waals surface area contributed by atoms with Gasteiger partial charge in [-0.05, 0) is 67.6 Å². The molecule has 3 rings (SSSR count). The molecule has 0 aromatic heterocycles. The molecule has 1 amide bonds. The van der Waals surface area contributed by atoms with E-state index < -0.39 is 26.6 Å². The summed E-state index contributed by atoms with van der Waals surface area (Å²) in [7, 11) is -4.21. The molecule has 0 unspecified atom stereocenters. The van der Waals surface area contributed by atoms with Crippen LogP contribution >= 0.6 is 0 Å². The van der Waals surface area contributed by atoms with Crippen LogP contribution in [0.25, 0.3) is 0 Å². The standard InChI is InChI=1S/C27H31FN2O4S/c28-25-12-4-5-13-26(25)35(32,33)30-27(31)18-20-29-19-6-10-23-14-16-24(17-15-23)34-21-7-11-22-8-2-1-3-9-22/h1-5,8-9,12-17,29H,6-7,10-11,18-21H2,(H,30,31). The molecule has 0 saturated carbocycles. The molecule has 3 aromatic carbocycles. The summed E-state index contributed by atoms with van der Waals surface area (Å²) in [5.41, 5.74) is 2.51. The third kappa shape index (κ3) is 9.15. The van der Waals surface area contributed by atoms with Crippen molar-refractivity contribution in [3.8, 4) is 5.75 Å². The van der Waals surface area contributed by atoms with Gasteiger partial charge < -0.3 is 10.1 Å². The second-order valence-electron chi connectivity index (χ2n) is 8.14. The highest BCUT2D eigenvalue weighted by atomic mass is 32.2. The SMILES string of the molecule is O=C(CCNCCCc1ccc(OCCCc2ccccc2)cc1)NS(=O)(=O)c1ccccc1F. The van der Waals surface area contributed by atoms with Crippen LogP contribution in [0.5, 0.6) is 5.75 Å². The van der Waals surface area contributed by atoms with Gasteiger partial charge in [0.2, 0.25) is 5.91 Å². The van der Waals surface area contributed by atoms with E-state index in [-0.39, 0.29) is 6.42 Å². The summed E-state index contributed by atoms with van der Waals surface area (Å²) in [5, 5.41) is 3.13. The molecule has 0 spiro atoms. The topological polar surface area (TPSA) is 84.5 Å². The monoisotopic (exact) mass is 498 g/mol. The van der Waals surface area contributed by atoms with Gasteiger partial charge in [0, 0.05) is 13.0 Å². The maximum atomic E-state index is 13.7. The first kappa shape index (κ1) is 26.4. The van der Waals surface area contributed by atoms with Crippen molar-refractivity contribution in [1.29, 1.82) is 0 Å². The van der Waals surface area contributed by atoms with Crippen LogP contribution in [-0.2, 0) is 27.7 Å². The first-order valence-corrected chi connectivity index (χ1v) is 13.2. The van der Waals surface area contributed by atoms with Crippen molar-refractivity contribution in [2.75, 3.05) is 19.7 Å². The summed E-state index contributed by atoms with van der Waals surface area (Å²) in [6.45, 7) is 1.69. The number of nitrogens with one attached hydrogen (secondary N) is 2. The molecule has 2 N–H and O–H groups in total. The molecule has 0 aliphatic rings. The van der Waals surface area contributed by atoms with Crippen LogP contribution in [0.15, 0.2) is 83.8 Å². The Labute approximate surface area is 206 Å². The van der Waals surface area contributed by atoms with Crippen LogP contribution in [0.3, 0.4) is 0 Å². The maximum Gasteiger partial charge on any atom is 0.266 e. The number of amides is 1. The second-order valence-corrected chi connectivity index (χ2v) is 9.80. The Morgan fingerprint density at radius 2 is 1.46 bits per heavy atom. The van der Waals surface area contributed by atoms with Crippen LogP contribution in [0.1, 0.15) is 30.4 Å². The zero-order valence-electron chi connectivity index (χ0n) is 19.6. The number of benzene rings is 3. The lowest BCUT2D eigenvalue weighted by Crippen LogP contribution is -2.33. The minimum Gasteiger partial charge on any atom is -0.494 e. The highest BCUT2D eigenvalue weighted by Crippen LogP contribution is 2.15. The predicted molar refractivity (Wildman–Crippen MR) is 134 cm³/mol. The van der Waals surface area contributed by atoms with Crippen LogP contribution < -0.4 is 14.8 Å². The van der Waals surface area contributed by atoms with E-state index >= 15 is 0 Å². The minimum absolute atomic E-state index is 0.0238. The van der Waals surface area contributed by atoms with Crippen molar-refractivity contribution in [1.82, 2.24) is 10.0 Å². The molecular weight excluding hydrogens is 467 g/mol. The van der Waals surface area contributed by atoms with Gasteiger partial charge in [0.25, 0.3) is 10.0 Å². The number of hydrogen-bond donors (Lipinski definition) is 2. The zero-order valence-corrected chi connectivity index (χ0v) is 20.4. The number of hydrogen-bond acceptors (Lipinski definition) is 5. The van der Waals surface area contributed by atoms with Gasteiger partial charge in [0.1, 0.15) is 16.5 Å². The Morgan fingerprint density at radius 3 is 2.20 bits per heavy atom. The van der Waals surface area contributed by atoms with Gasteiger partial charge in [0.05, 0.1) is 6.61 Å². The van der Waals surface area contributed by atoms with Crippen molar-refractivity contribution in [3.05, 3.63) is 95.8 Å². The van der Waals surface area contributed by atoms with Crippen LogP contribution in [0.4, 0.5) is 4.39 Å². The first-order chi connectivity index (χ1) is 16.9. The van der Waals surface area contributed by atoms with Gasteiger partial charge in [-0.3, -0.25) is 4.79 Å². The van der Waals surface area contributed by atoms with Gasteiger partial charge >= 0.3 is 0 Å². The lowest BCUT2D eigenvalue weighted by Gasteiger charge is -2.09. The highest BCUT2D eigenvalue weighted by molar-refractivity contribution is 7.90. The summed E-state index contributed by atoms with van der Waals surface area (Å²) in [4.78, 5) is 11.4. The molecule has 6 nitrogen and oxygen atoms in total. The van der Waals surface area contributed by atoms with Gasteiger partial charge in [-0.15, -0.1) is 0 Å². The Kier molecular flexibility index (Phi) is 10.3. The van der Waals surface area contributed by atoms with E-state index in [1.807, 2.05) is 47.2 Å². The maximum absolute atomic E-state index is 13.7. The molecule has 0 heterocycles. The Morgan fingerprint density at radius 1 is 0.800 bits per heavy atom. The minimum atomic E-state index is -4.21. The number of halogens is 1. The van der Waals surface area contributed by atoms with Crippen LogP contribution in [-0.4, -0.2) is 34.0 Å². The molecule has 8 heteroatoms. The fourth-order valence-corrected chi connectivity index (χ4v) is 4.62. The third-order valence-electron chi connectivity index (χ3n) is 5.37. The molecule has 0 atom stereocenters. The normalized spacial score (nSPS) is 11.2. The third-order valence-corrected chi connectivity index (χ3v) is 6.77. The lowest BCUT2D eigenvalue weighted by molar-refractivity contribution is -0.119. The van der Waals surface area contributed by atoms with E-state index in [9.17, 15) is 17.6 Å². The van der Waals surface area contributed by atoms with Crippen molar-refractivity contribution in [2.45, 2.75) is 37.0 Å². The molecular formula is C27H31FN2O4S. The van der Waals surface area contributed by atoms with E-state index in [0.29, 0.717) is 19.7 Å². The summed E-state index contributed by atoms with van der Waals surface area (Å²) >= 11 is 0. The average molecular weight is 499 g/mol. The second kappa shape index (κ2) is 13.6. The van der Waals surface area contributed by atoms with E-state index in [0.717, 1.165) is 43.6 Å². The number of carbonyl (C=O) groups excluding carboxylic acids is 1. The van der Waals surface area contributed by atoms with Gasteiger partial charge in [-0.2, -0.15) is 0 Å². The highest BCUT2D eigenvalue weighted by Gasteiger charge is 2.20. The summed E-state index contributed by atoms with van der Waals surface area (Å²) in [6.07, 6.45) is 3.67. The smallest absolute Gasteiger partial charge is 0.266 e. The summed E-state index contributed by atoms with van der Waals surface area (Å²) in [6, 6.07) is 23.3. The molecule has 0 fully saturated rings. The van der Waals surface area contributed by atoms with Crippen LogP contribution in [0, 0.1) is 5.82 Å². The van der Waals surface area contributed by atoms with E-state index in [2.05, 4.69) is 17.4 Å². The number of rotatable bonds is 14. The van der Waals surface area contributed by atoms with Gasteiger partial charge in [-0.1, -0.05) is 54.6 Å². The number of ether oxygens (including phenoxy) is 1. The summed E-state index contributed by atoms with van der Waals surface area (Å²) in [5.74, 6) is -0.718. The van der Waals surface area contributed by atoms with E-state index in [4.69, 9.17) is 4.74 Å². The molecule has 3 aromatic rings. The van der Waals surface area contributed by atoms with Gasteiger partial charge in [-0.25, -0.2) is 17.5 Å². The molecule has 0 aliphatic heterocycles. The number of carbonyl (C=O) groups is 1. The van der Waals surface area contributed by atoms with Crippen molar-refractivity contribution < 1.29 is 22.3 Å². The average Bonchev–Trinajstić information content (AvgIpc) is 2.85.